The van der Waals surface area contributed by atoms with E-state index in [2.05, 4.69) is 359 Å². The summed E-state index contributed by atoms with van der Waals surface area (Å²) in [6.07, 6.45) is 0. The van der Waals surface area contributed by atoms with E-state index >= 15 is 0 Å². The van der Waals surface area contributed by atoms with Gasteiger partial charge in [-0.2, -0.15) is 0 Å². The number of rotatable bonds is 24. The number of fused-ring (bicyclic) bond motifs is 4. The molecule has 0 saturated heterocycles. The second-order valence-corrected chi connectivity index (χ2v) is 46.3. The third-order valence-electron chi connectivity index (χ3n) is 20.3. The predicted octanol–water partition coefficient (Wildman–Crippen LogP) is 21.5. The number of nitrogens with two attached hydrogens (primary N) is 1. The van der Waals surface area contributed by atoms with Crippen molar-refractivity contribution in [2.75, 3.05) is 70.0 Å². The summed E-state index contributed by atoms with van der Waals surface area (Å²) >= 11 is -2.10. The van der Waals surface area contributed by atoms with E-state index in [1.165, 1.54) is 142 Å². The van der Waals surface area contributed by atoms with Gasteiger partial charge in [0, 0.05) is 0 Å². The van der Waals surface area contributed by atoms with Crippen LogP contribution in [0.5, 0.6) is 46.0 Å². The maximum absolute atomic E-state index is 5.62. The molecule has 616 valence electrons. The van der Waals surface area contributed by atoms with E-state index in [0.717, 1.165) is 46.0 Å². The molecule has 0 amide bonds. The number of ether oxygens (including phenoxy) is 8. The number of benzene rings is 16. The summed E-state index contributed by atoms with van der Waals surface area (Å²) in [7, 11) is 34.1. The molecular weight excluding hydrogens is 1850 g/mol. The van der Waals surface area contributed by atoms with Crippen molar-refractivity contribution in [2.24, 2.45) is 0 Å². The molecule has 2 N–H and O–H groups in total. The van der Waals surface area contributed by atoms with Gasteiger partial charge in [0.1, 0.15) is 46.0 Å². The van der Waals surface area contributed by atoms with Crippen molar-refractivity contribution < 1.29 is 71.3 Å². The van der Waals surface area contributed by atoms with E-state index in [1.807, 2.05) is 0 Å². The molecule has 16 rings (SSSR count). The molecule has 0 aliphatic heterocycles. The molecule has 0 atom stereocenters. The molecule has 120 heavy (non-hydrogen) atoms. The van der Waals surface area contributed by atoms with Gasteiger partial charge < -0.3 is 43.2 Å². The second-order valence-electron chi connectivity index (χ2n) is 27.0. The van der Waals surface area contributed by atoms with Crippen LogP contribution in [0.2, 0.25) is 0 Å². The summed E-state index contributed by atoms with van der Waals surface area (Å²) in [6.45, 7) is 6.75. The van der Waals surface area contributed by atoms with Crippen LogP contribution in [0.15, 0.2) is 340 Å². The fourth-order valence-electron chi connectivity index (χ4n) is 14.7. The minimum atomic E-state index is -1.75. The van der Waals surface area contributed by atoms with Gasteiger partial charge in [-0.3, -0.25) is 0 Å². The zero-order valence-corrected chi connectivity index (χ0v) is 78.8. The van der Waals surface area contributed by atoms with Crippen LogP contribution in [-0.2, 0) is 28.1 Å². The van der Waals surface area contributed by atoms with Gasteiger partial charge in [-0.15, -0.1) is 0 Å². The molecule has 0 heterocycles. The molecular formula is C100H92Cl5NO8P4Ru2. The summed E-state index contributed by atoms with van der Waals surface area (Å²) in [5.41, 5.74) is 5.03. The van der Waals surface area contributed by atoms with Crippen LogP contribution >= 0.6 is 80.1 Å². The monoisotopic (exact) mass is 1940 g/mol. The van der Waals surface area contributed by atoms with Gasteiger partial charge in [-0.25, -0.2) is 0 Å². The number of halogens is 5. The molecule has 16 aromatic carbocycles. The van der Waals surface area contributed by atoms with Gasteiger partial charge in [0.05, 0.1) is 70.0 Å². The second kappa shape index (κ2) is 45.5. The molecule has 0 spiro atoms. The number of methoxy groups -OCH3 is 8. The third-order valence-corrected chi connectivity index (χ3v) is 30.2. The van der Waals surface area contributed by atoms with Crippen molar-refractivity contribution >= 4 is 187 Å². The quantitative estimate of drug-likeness (QED) is 0.0473. The Labute approximate surface area is 743 Å². The SMILES string of the molecule is CC[NH2+]CC.COc1ccc(P(c2ccc(OC)cc2)c2ccc3ccccc3c2-c2c(P(c3ccc(OC)cc3)c3ccc(OC)cc3)ccc3ccccc23)cc1.COc1ccc(P(c2ccc(OC)cc2)c2ccc3ccccc3c2-c2c(P(c3ccc(OC)cc3)c3ccc(OC)cc3)ccc3ccccc23)cc1.[Cl][Ru-]([Cl])[Cl].[Cl][Ru][Cl]. The van der Waals surface area contributed by atoms with E-state index in [1.54, 1.807) is 56.9 Å². The van der Waals surface area contributed by atoms with Crippen LogP contribution in [0.3, 0.4) is 0 Å². The molecule has 9 nitrogen and oxygen atoms in total. The van der Waals surface area contributed by atoms with Gasteiger partial charge >= 0.3 is 76.6 Å². The number of hydrogen-bond donors (Lipinski definition) is 1. The van der Waals surface area contributed by atoms with Gasteiger partial charge in [0.15, 0.2) is 0 Å². The van der Waals surface area contributed by atoms with Gasteiger partial charge in [0.2, 0.25) is 0 Å². The Morgan fingerprint density at radius 1 is 0.233 bits per heavy atom. The summed E-state index contributed by atoms with van der Waals surface area (Å²) < 4.78 is 45.0. The first-order valence-electron chi connectivity index (χ1n) is 38.5. The molecule has 0 radical (unpaired) electrons. The van der Waals surface area contributed by atoms with Crippen LogP contribution in [0.4, 0.5) is 0 Å². The van der Waals surface area contributed by atoms with E-state index in [4.69, 9.17) is 86.4 Å². The van der Waals surface area contributed by atoms with Crippen molar-refractivity contribution in [1.29, 1.82) is 0 Å². The normalized spacial score (nSPS) is 11.1. The Hall–Kier alpha value is -8.66. The first kappa shape index (κ1) is 90.6. The Bertz CT molecular complexity index is 5060. The molecule has 0 fully saturated rings. The molecule has 0 bridgehead atoms. The maximum atomic E-state index is 5.62. The molecule has 0 saturated carbocycles. The average Bonchev–Trinajstić information content (AvgIpc) is 0.735. The van der Waals surface area contributed by atoms with Crippen molar-refractivity contribution in [3.8, 4) is 68.2 Å². The van der Waals surface area contributed by atoms with E-state index in [9.17, 15) is 0 Å². The fraction of sp³-hybridized carbons (Fsp3) is 0.120. The molecule has 0 aliphatic rings. The van der Waals surface area contributed by atoms with Gasteiger partial charge in [-0.1, -0.05) is 243 Å². The van der Waals surface area contributed by atoms with Crippen LogP contribution in [0.25, 0.3) is 65.3 Å². The average molecular weight is 1940 g/mol. The topological polar surface area (TPSA) is 90.5 Å². The molecule has 16 aromatic rings. The first-order valence-corrected chi connectivity index (χ1v) is 55.1. The molecule has 20 heteroatoms. The predicted molar refractivity (Wildman–Crippen MR) is 513 cm³/mol. The fourth-order valence-corrected chi connectivity index (χ4v) is 24.4. The molecule has 0 aliphatic carbocycles. The van der Waals surface area contributed by atoms with Crippen molar-refractivity contribution in [1.82, 2.24) is 0 Å². The summed E-state index contributed by atoms with van der Waals surface area (Å²) in [5, 5.41) is 27.0. The van der Waals surface area contributed by atoms with E-state index in [0.29, 0.717) is 0 Å². The zero-order valence-electron chi connectivity index (χ0n) is 68.0. The summed E-state index contributed by atoms with van der Waals surface area (Å²) in [5.74, 6) is 6.69. The van der Waals surface area contributed by atoms with Crippen LogP contribution in [0.1, 0.15) is 13.8 Å². The number of hydrogen-bond acceptors (Lipinski definition) is 8. The Kier molecular flexibility index (Phi) is 34.3. The van der Waals surface area contributed by atoms with Crippen molar-refractivity contribution in [2.45, 2.75) is 13.8 Å². The zero-order chi connectivity index (χ0) is 84.4. The Morgan fingerprint density at radius 2 is 0.375 bits per heavy atom. The van der Waals surface area contributed by atoms with Crippen LogP contribution in [0, 0.1) is 0 Å². The van der Waals surface area contributed by atoms with E-state index < -0.39 is 44.7 Å². The Morgan fingerprint density at radius 3 is 0.500 bits per heavy atom. The van der Waals surface area contributed by atoms with Crippen LogP contribution < -0.4 is 107 Å². The first-order chi connectivity index (χ1) is 58.7. The Balaban J connectivity index is 0.000000194. The molecule has 0 unspecified atom stereocenters. The van der Waals surface area contributed by atoms with Gasteiger partial charge in [-0.05, 0) is 272 Å². The van der Waals surface area contributed by atoms with E-state index in [-0.39, 0.29) is 15.1 Å². The van der Waals surface area contributed by atoms with Crippen molar-refractivity contribution in [3.63, 3.8) is 0 Å². The summed E-state index contributed by atoms with van der Waals surface area (Å²) in [6, 6.07) is 123. The van der Waals surface area contributed by atoms with Crippen molar-refractivity contribution in [3.05, 3.63) is 340 Å². The third kappa shape index (κ3) is 22.0. The van der Waals surface area contributed by atoms with Crippen LogP contribution in [-0.4, -0.2) is 70.0 Å². The number of quaternary nitrogens is 1. The minimum absolute atomic E-state index is 0.346. The molecule has 0 aromatic heterocycles. The van der Waals surface area contributed by atoms with Gasteiger partial charge in [0.25, 0.3) is 0 Å². The standard InChI is InChI=1S/2C48H40O4P2.C4H11N.5ClH.2Ru/c2*1-49-35-15-23-39(24-16-35)53(40-25-17-36(50-2)18-26-40)45-31-13-33-9-5-7-11-43(33)47(45)48-44-12-8-6-10-34(44)14-32-46(48)54(41-27-19-37(51-3)20-28-41)42-29-21-38(52-4)22-30-42;1-3-5-4-2;;;;;;;/h2*5-32H,1-4H3;5H,3-4H2,1-2H3;5*1H;;/q;;;;;;;;2*+2/p-4. The summed E-state index contributed by atoms with van der Waals surface area (Å²) in [4.78, 5) is 0.